The molecule has 0 atom stereocenters. The van der Waals surface area contributed by atoms with Gasteiger partial charge in [0.15, 0.2) is 0 Å². The van der Waals surface area contributed by atoms with Crippen LogP contribution in [0.4, 0.5) is 11.4 Å². The third-order valence-corrected chi connectivity index (χ3v) is 2.37. The molecular weight excluding hydrogens is 246 g/mol. The molecule has 2 heterocycles. The first-order chi connectivity index (χ1) is 8.18. The zero-order valence-electron chi connectivity index (χ0n) is 8.55. The molecule has 88 valence electrons. The number of pyridine rings is 1. The predicted octanol–water partition coefficient (Wildman–Crippen LogP) is 1.98. The van der Waals surface area contributed by atoms with Crippen molar-refractivity contribution in [3.8, 4) is 0 Å². The number of halogens is 1. The lowest BCUT2D eigenvalue weighted by Gasteiger charge is -2.06. The normalized spacial score (nSPS) is 10.2. The van der Waals surface area contributed by atoms with Gasteiger partial charge < -0.3 is 10.3 Å². The van der Waals surface area contributed by atoms with Gasteiger partial charge in [0.1, 0.15) is 11.9 Å². The molecule has 0 saturated heterocycles. The fourth-order valence-electron chi connectivity index (χ4n) is 1.30. The van der Waals surface area contributed by atoms with E-state index in [0.717, 1.165) is 11.9 Å². The topological polar surface area (TPSA) is 96.7 Å². The van der Waals surface area contributed by atoms with Crippen molar-refractivity contribution >= 4 is 23.0 Å². The van der Waals surface area contributed by atoms with Gasteiger partial charge >= 0.3 is 5.69 Å². The highest BCUT2D eigenvalue weighted by Gasteiger charge is 2.17. The first-order valence-corrected chi connectivity index (χ1v) is 5.05. The minimum Gasteiger partial charge on any atom is -0.373 e. The molecule has 0 fully saturated rings. The Kier molecular flexibility index (Phi) is 3.20. The maximum Gasteiger partial charge on any atom is 0.311 e. The molecule has 0 spiro atoms. The Morgan fingerprint density at radius 2 is 2.24 bits per heavy atom. The second-order valence-electron chi connectivity index (χ2n) is 3.20. The van der Waals surface area contributed by atoms with Gasteiger partial charge in [-0.2, -0.15) is 0 Å². The van der Waals surface area contributed by atoms with Crippen LogP contribution in [0.15, 0.2) is 24.9 Å². The molecule has 17 heavy (non-hydrogen) atoms. The number of nitro groups is 1. The van der Waals surface area contributed by atoms with Crippen molar-refractivity contribution in [1.82, 2.24) is 15.0 Å². The van der Waals surface area contributed by atoms with Gasteiger partial charge in [0.2, 0.25) is 0 Å². The summed E-state index contributed by atoms with van der Waals surface area (Å²) >= 11 is 5.86. The molecule has 8 heteroatoms. The number of nitrogens with one attached hydrogen (secondary N) is 2. The summed E-state index contributed by atoms with van der Waals surface area (Å²) in [4.78, 5) is 20.6. The summed E-state index contributed by atoms with van der Waals surface area (Å²) in [6.07, 6.45) is 5.65. The third kappa shape index (κ3) is 2.51. The quantitative estimate of drug-likeness (QED) is 0.641. The first-order valence-electron chi connectivity index (χ1n) is 4.67. The van der Waals surface area contributed by atoms with Crippen LogP contribution in [-0.4, -0.2) is 19.9 Å². The fourth-order valence-corrected chi connectivity index (χ4v) is 1.52. The van der Waals surface area contributed by atoms with E-state index in [1.54, 1.807) is 6.20 Å². The van der Waals surface area contributed by atoms with Crippen LogP contribution in [0, 0.1) is 10.1 Å². The molecule has 2 N–H and O–H groups in total. The number of aromatic nitrogens is 3. The number of nitrogens with zero attached hydrogens (tertiary/aromatic N) is 3. The predicted molar refractivity (Wildman–Crippen MR) is 61.8 cm³/mol. The van der Waals surface area contributed by atoms with Gasteiger partial charge in [0.05, 0.1) is 28.5 Å². The molecule has 0 amide bonds. The lowest BCUT2D eigenvalue weighted by molar-refractivity contribution is -0.384. The second kappa shape index (κ2) is 4.79. The molecule has 7 nitrogen and oxygen atoms in total. The van der Waals surface area contributed by atoms with Crippen molar-refractivity contribution in [3.05, 3.63) is 45.7 Å². The van der Waals surface area contributed by atoms with E-state index in [4.69, 9.17) is 11.6 Å². The van der Waals surface area contributed by atoms with Crippen molar-refractivity contribution in [2.24, 2.45) is 0 Å². The van der Waals surface area contributed by atoms with Crippen LogP contribution in [-0.2, 0) is 6.54 Å². The fraction of sp³-hybridized carbons (Fsp3) is 0.111. The van der Waals surface area contributed by atoms with Crippen LogP contribution < -0.4 is 5.32 Å². The number of aromatic amines is 1. The van der Waals surface area contributed by atoms with E-state index in [2.05, 4.69) is 20.3 Å². The standard InChI is InChI=1S/C9H8ClN5O2/c10-7-3-11-4-8(15(16)17)9(7)13-2-6-1-12-5-14-6/h1,3-5H,2H2,(H,11,13)(H,12,14). The minimum atomic E-state index is -0.534. The summed E-state index contributed by atoms with van der Waals surface area (Å²) in [6.45, 7) is 0.366. The molecule has 0 aliphatic rings. The summed E-state index contributed by atoms with van der Waals surface area (Å²) in [7, 11) is 0. The Hall–Kier alpha value is -2.15. The number of imidazole rings is 1. The summed E-state index contributed by atoms with van der Waals surface area (Å²) in [6, 6.07) is 0. The Morgan fingerprint density at radius 1 is 1.41 bits per heavy atom. The van der Waals surface area contributed by atoms with Gasteiger partial charge in [-0.05, 0) is 0 Å². The molecule has 0 aromatic carbocycles. The molecule has 2 aromatic heterocycles. The number of anilines is 1. The van der Waals surface area contributed by atoms with Crippen molar-refractivity contribution in [1.29, 1.82) is 0 Å². The SMILES string of the molecule is O=[N+]([O-])c1cncc(Cl)c1NCc1cnc[nH]1. The van der Waals surface area contributed by atoms with Crippen LogP contribution in [0.3, 0.4) is 0 Å². The lowest BCUT2D eigenvalue weighted by atomic mass is 10.3. The highest BCUT2D eigenvalue weighted by atomic mass is 35.5. The van der Waals surface area contributed by atoms with Crippen molar-refractivity contribution < 1.29 is 4.92 Å². The Bertz CT molecular complexity index is 528. The Balaban J connectivity index is 2.22. The second-order valence-corrected chi connectivity index (χ2v) is 3.61. The van der Waals surface area contributed by atoms with Crippen LogP contribution >= 0.6 is 11.6 Å². The van der Waals surface area contributed by atoms with E-state index >= 15 is 0 Å². The summed E-state index contributed by atoms with van der Waals surface area (Å²) in [5.74, 6) is 0. The van der Waals surface area contributed by atoms with Crippen LogP contribution in [0.25, 0.3) is 0 Å². The molecule has 0 radical (unpaired) electrons. The van der Waals surface area contributed by atoms with Crippen LogP contribution in [0.1, 0.15) is 5.69 Å². The number of H-pyrrole nitrogens is 1. The average Bonchev–Trinajstić information content (AvgIpc) is 2.80. The summed E-state index contributed by atoms with van der Waals surface area (Å²) < 4.78 is 0. The number of hydrogen-bond donors (Lipinski definition) is 2. The minimum absolute atomic E-state index is 0.156. The zero-order valence-corrected chi connectivity index (χ0v) is 9.31. The molecule has 0 aliphatic carbocycles. The van der Waals surface area contributed by atoms with Gasteiger partial charge in [0.25, 0.3) is 0 Å². The third-order valence-electron chi connectivity index (χ3n) is 2.09. The maximum atomic E-state index is 10.8. The van der Waals surface area contributed by atoms with E-state index in [1.165, 1.54) is 12.5 Å². The van der Waals surface area contributed by atoms with Crippen molar-refractivity contribution in [2.75, 3.05) is 5.32 Å². The molecule has 0 unspecified atom stereocenters. The Morgan fingerprint density at radius 3 is 2.88 bits per heavy atom. The maximum absolute atomic E-state index is 10.8. The highest BCUT2D eigenvalue weighted by molar-refractivity contribution is 6.33. The van der Waals surface area contributed by atoms with E-state index in [9.17, 15) is 10.1 Å². The summed E-state index contributed by atoms with van der Waals surface area (Å²) in [5, 5.41) is 13.9. The van der Waals surface area contributed by atoms with E-state index in [-0.39, 0.29) is 16.4 Å². The van der Waals surface area contributed by atoms with Crippen LogP contribution in [0.2, 0.25) is 5.02 Å². The van der Waals surface area contributed by atoms with E-state index < -0.39 is 4.92 Å². The van der Waals surface area contributed by atoms with Gasteiger partial charge in [0, 0.05) is 12.4 Å². The molecule has 0 saturated carbocycles. The molecule has 2 aromatic rings. The molecule has 0 aliphatic heterocycles. The van der Waals surface area contributed by atoms with Gasteiger partial charge in [-0.1, -0.05) is 11.6 Å². The number of hydrogen-bond acceptors (Lipinski definition) is 5. The van der Waals surface area contributed by atoms with Crippen LogP contribution in [0.5, 0.6) is 0 Å². The average molecular weight is 254 g/mol. The van der Waals surface area contributed by atoms with E-state index in [1.807, 2.05) is 0 Å². The highest BCUT2D eigenvalue weighted by Crippen LogP contribution is 2.30. The molecule has 0 bridgehead atoms. The lowest BCUT2D eigenvalue weighted by Crippen LogP contribution is -2.04. The molecular formula is C9H8ClN5O2. The molecule has 2 rings (SSSR count). The van der Waals surface area contributed by atoms with Gasteiger partial charge in [-0.15, -0.1) is 0 Å². The Labute approximate surface area is 101 Å². The number of rotatable bonds is 4. The monoisotopic (exact) mass is 253 g/mol. The van der Waals surface area contributed by atoms with Crippen molar-refractivity contribution in [3.63, 3.8) is 0 Å². The van der Waals surface area contributed by atoms with E-state index in [0.29, 0.717) is 6.54 Å². The first kappa shape index (κ1) is 11.3. The van der Waals surface area contributed by atoms with Crippen molar-refractivity contribution in [2.45, 2.75) is 6.54 Å². The van der Waals surface area contributed by atoms with Gasteiger partial charge in [-0.25, -0.2) is 4.98 Å². The smallest absolute Gasteiger partial charge is 0.311 e. The summed E-state index contributed by atoms with van der Waals surface area (Å²) in [5.41, 5.74) is 0.894. The van der Waals surface area contributed by atoms with Gasteiger partial charge in [-0.3, -0.25) is 15.1 Å². The zero-order chi connectivity index (χ0) is 12.3. The largest absolute Gasteiger partial charge is 0.373 e.